The molecule has 4 rings (SSSR count). The number of ketones is 1. The lowest BCUT2D eigenvalue weighted by Crippen LogP contribution is -2.64. The quantitative estimate of drug-likeness (QED) is 0.243. The number of carbonyl (C=O) groups is 5. The standard InChI is InChI=1S/C34H57N5O7S/c1-31(2,3)26(37-30(44)38-34(15-11-10-12-16-34)19-47(45,46)32(4,5)6)29(43)39-18-21-23(33(21,7)8)24(39)27(41)36-22(17-20-13-14-20)25(40)28(42)35-9/h20-24,26H,10-19H2,1-9H3,(H,35,42)(H,36,41)(H2,37,38,44)/t21-,22-,23-,24-,26+/m0/s1. The van der Waals surface area contributed by atoms with Crippen molar-refractivity contribution in [1.82, 2.24) is 26.2 Å². The number of Topliss-reactive ketones (excluding diaryl/α,β-unsaturated/α-hetero) is 1. The number of sulfone groups is 1. The van der Waals surface area contributed by atoms with Crippen molar-refractivity contribution in [2.45, 2.75) is 135 Å². The lowest BCUT2D eigenvalue weighted by Gasteiger charge is -2.41. The van der Waals surface area contributed by atoms with E-state index in [2.05, 4.69) is 35.1 Å². The first-order valence-electron chi connectivity index (χ1n) is 17.2. The van der Waals surface area contributed by atoms with Gasteiger partial charge in [-0.3, -0.25) is 19.2 Å². The Kier molecular flexibility index (Phi) is 10.2. The molecule has 47 heavy (non-hydrogen) atoms. The second-order valence-electron chi connectivity index (χ2n) is 17.2. The molecule has 4 N–H and O–H groups in total. The van der Waals surface area contributed by atoms with Crippen molar-refractivity contribution in [3.05, 3.63) is 0 Å². The molecular weight excluding hydrogens is 622 g/mol. The molecule has 3 saturated carbocycles. The predicted octanol–water partition coefficient (Wildman–Crippen LogP) is 2.70. The first-order valence-corrected chi connectivity index (χ1v) is 18.9. The fourth-order valence-electron chi connectivity index (χ4n) is 7.61. The van der Waals surface area contributed by atoms with Gasteiger partial charge in [-0.2, -0.15) is 0 Å². The van der Waals surface area contributed by atoms with E-state index in [0.717, 1.165) is 32.1 Å². The maximum absolute atomic E-state index is 14.4. The molecule has 266 valence electrons. The minimum atomic E-state index is -3.56. The van der Waals surface area contributed by atoms with E-state index in [1.807, 2.05) is 20.8 Å². The number of likely N-dealkylation sites (tertiary alicyclic amines) is 1. The topological polar surface area (TPSA) is 171 Å². The van der Waals surface area contributed by atoms with Gasteiger partial charge in [-0.1, -0.05) is 66.7 Å². The molecule has 0 aromatic rings. The molecule has 4 aliphatic rings. The third-order valence-electron chi connectivity index (χ3n) is 11.1. The molecule has 0 radical (unpaired) electrons. The molecule has 4 fully saturated rings. The molecule has 0 bridgehead atoms. The van der Waals surface area contributed by atoms with E-state index in [1.54, 1.807) is 20.8 Å². The van der Waals surface area contributed by atoms with Crippen LogP contribution in [0.15, 0.2) is 0 Å². The predicted molar refractivity (Wildman–Crippen MR) is 179 cm³/mol. The van der Waals surface area contributed by atoms with E-state index in [1.165, 1.54) is 11.9 Å². The van der Waals surface area contributed by atoms with Crippen LogP contribution in [-0.2, 0) is 29.0 Å². The third kappa shape index (κ3) is 7.96. The van der Waals surface area contributed by atoms with Crippen molar-refractivity contribution >= 4 is 39.4 Å². The summed E-state index contributed by atoms with van der Waals surface area (Å²) in [5, 5.41) is 11.1. The van der Waals surface area contributed by atoms with Gasteiger partial charge in [0.05, 0.1) is 22.1 Å². The van der Waals surface area contributed by atoms with Crippen molar-refractivity contribution < 1.29 is 32.4 Å². The SMILES string of the molecule is CNC(=O)C(=O)[C@H](CC1CC1)NC(=O)[C@@H]1[C@@H]2[C@H](CN1C(=O)[C@@H](NC(=O)NC1(CS(=O)(=O)C(C)(C)C)CCCCC1)C(C)(C)C)C2(C)C. The number of nitrogens with zero attached hydrogens (tertiary/aromatic N) is 1. The molecule has 13 heteroatoms. The van der Waals surface area contributed by atoms with Crippen molar-refractivity contribution in [2.24, 2.45) is 28.6 Å². The van der Waals surface area contributed by atoms with E-state index < -0.39 is 73.2 Å². The Morgan fingerprint density at radius 3 is 2.02 bits per heavy atom. The third-order valence-corrected chi connectivity index (χ3v) is 13.9. The summed E-state index contributed by atoms with van der Waals surface area (Å²) in [4.78, 5) is 68.8. The molecule has 1 heterocycles. The number of carbonyl (C=O) groups excluding carboxylic acids is 5. The molecule has 0 unspecified atom stereocenters. The molecule has 5 atom stereocenters. The number of hydrogen-bond acceptors (Lipinski definition) is 7. The van der Waals surface area contributed by atoms with Gasteiger partial charge in [0, 0.05) is 13.6 Å². The Morgan fingerprint density at radius 2 is 1.51 bits per heavy atom. The monoisotopic (exact) mass is 679 g/mol. The molecule has 12 nitrogen and oxygen atoms in total. The van der Waals surface area contributed by atoms with Gasteiger partial charge in [-0.25, -0.2) is 13.2 Å². The molecule has 5 amide bonds. The maximum Gasteiger partial charge on any atom is 0.315 e. The zero-order valence-electron chi connectivity index (χ0n) is 29.7. The van der Waals surface area contributed by atoms with Crippen LogP contribution < -0.4 is 21.3 Å². The fourth-order valence-corrected chi connectivity index (χ4v) is 9.13. The van der Waals surface area contributed by atoms with Crippen LogP contribution in [-0.4, -0.2) is 90.6 Å². The van der Waals surface area contributed by atoms with E-state index in [4.69, 9.17) is 0 Å². The highest BCUT2D eigenvalue weighted by molar-refractivity contribution is 7.92. The lowest BCUT2D eigenvalue weighted by molar-refractivity contribution is -0.145. The highest BCUT2D eigenvalue weighted by atomic mass is 32.2. The zero-order valence-corrected chi connectivity index (χ0v) is 30.6. The van der Waals surface area contributed by atoms with Crippen molar-refractivity contribution in [2.75, 3.05) is 19.3 Å². The number of amides is 5. The largest absolute Gasteiger partial charge is 0.353 e. The van der Waals surface area contributed by atoms with Gasteiger partial charge in [-0.05, 0) is 68.6 Å². The number of rotatable bonds is 11. The summed E-state index contributed by atoms with van der Waals surface area (Å²) in [5.74, 6) is -2.34. The van der Waals surface area contributed by atoms with Crippen LogP contribution in [0.25, 0.3) is 0 Å². The van der Waals surface area contributed by atoms with Crippen molar-refractivity contribution in [3.8, 4) is 0 Å². The Hall–Kier alpha value is -2.70. The van der Waals surface area contributed by atoms with E-state index >= 15 is 0 Å². The lowest BCUT2D eigenvalue weighted by atomic mass is 9.83. The molecule has 0 spiro atoms. The first-order chi connectivity index (χ1) is 21.5. The average molecular weight is 680 g/mol. The summed E-state index contributed by atoms with van der Waals surface area (Å²) < 4.78 is 25.6. The summed E-state index contributed by atoms with van der Waals surface area (Å²) in [6, 6.07) is -3.48. The zero-order chi connectivity index (χ0) is 35.3. The fraction of sp³-hybridized carbons (Fsp3) is 0.853. The van der Waals surface area contributed by atoms with E-state index in [9.17, 15) is 32.4 Å². The van der Waals surface area contributed by atoms with Crippen LogP contribution in [0, 0.1) is 28.6 Å². The van der Waals surface area contributed by atoms with Crippen LogP contribution in [0.1, 0.15) is 107 Å². The Bertz CT molecular complexity index is 1370. The van der Waals surface area contributed by atoms with Gasteiger partial charge >= 0.3 is 6.03 Å². The van der Waals surface area contributed by atoms with Crippen molar-refractivity contribution in [1.29, 1.82) is 0 Å². The van der Waals surface area contributed by atoms with Gasteiger partial charge in [0.25, 0.3) is 5.91 Å². The van der Waals surface area contributed by atoms with Gasteiger partial charge in [0.15, 0.2) is 9.84 Å². The van der Waals surface area contributed by atoms with Crippen molar-refractivity contribution in [3.63, 3.8) is 0 Å². The van der Waals surface area contributed by atoms with Gasteiger partial charge in [-0.15, -0.1) is 0 Å². The maximum atomic E-state index is 14.4. The normalized spacial score (nSPS) is 26.3. The molecule has 3 aliphatic carbocycles. The number of likely N-dealkylation sites (N-methyl/N-ethyl adjacent to an activating group) is 1. The Morgan fingerprint density at radius 1 is 0.915 bits per heavy atom. The average Bonchev–Trinajstić information content (AvgIpc) is 3.80. The smallest absolute Gasteiger partial charge is 0.315 e. The van der Waals surface area contributed by atoms with Gasteiger partial charge in [0.1, 0.15) is 12.1 Å². The minimum Gasteiger partial charge on any atom is -0.353 e. The highest BCUT2D eigenvalue weighted by Gasteiger charge is 2.70. The number of piperidine rings is 1. The van der Waals surface area contributed by atoms with Crippen LogP contribution in [0.4, 0.5) is 4.79 Å². The Balaban J connectivity index is 1.55. The molecular formula is C34H57N5O7S. The summed E-state index contributed by atoms with van der Waals surface area (Å²) in [7, 11) is -2.18. The number of urea groups is 1. The van der Waals surface area contributed by atoms with Crippen LogP contribution >= 0.6 is 0 Å². The Labute approximate surface area is 280 Å². The summed E-state index contributed by atoms with van der Waals surface area (Å²) >= 11 is 0. The summed E-state index contributed by atoms with van der Waals surface area (Å²) in [6.07, 6.45) is 5.81. The second kappa shape index (κ2) is 13.0. The number of nitrogens with one attached hydrogen (secondary N) is 4. The second-order valence-corrected chi connectivity index (χ2v) is 19.9. The van der Waals surface area contributed by atoms with E-state index in [0.29, 0.717) is 25.8 Å². The first kappa shape index (κ1) is 37.1. The van der Waals surface area contributed by atoms with Crippen LogP contribution in [0.5, 0.6) is 0 Å². The molecule has 0 aromatic carbocycles. The molecule has 1 aliphatic heterocycles. The highest BCUT2D eigenvalue weighted by Crippen LogP contribution is 2.65. The molecule has 1 saturated heterocycles. The van der Waals surface area contributed by atoms with E-state index in [-0.39, 0.29) is 28.9 Å². The molecule has 0 aromatic heterocycles. The van der Waals surface area contributed by atoms with Crippen LogP contribution in [0.3, 0.4) is 0 Å². The van der Waals surface area contributed by atoms with Crippen LogP contribution in [0.2, 0.25) is 0 Å². The minimum absolute atomic E-state index is 0.0706. The summed E-state index contributed by atoms with van der Waals surface area (Å²) in [5.41, 5.74) is -1.89. The number of hydrogen-bond donors (Lipinski definition) is 4. The van der Waals surface area contributed by atoms with Gasteiger partial charge in [0.2, 0.25) is 17.6 Å². The van der Waals surface area contributed by atoms with Gasteiger partial charge < -0.3 is 26.2 Å². The number of fused-ring (bicyclic) bond motifs is 1. The summed E-state index contributed by atoms with van der Waals surface area (Å²) in [6.45, 7) is 14.9.